The smallest absolute Gasteiger partial charge is 0.287 e. The SMILES string of the molecule is CCc1cccc2c([C@H](N3NC(=O)CC3(C)C)C(F)(F)F)cccc12. The van der Waals surface area contributed by atoms with Gasteiger partial charge in [0.15, 0.2) is 6.04 Å². The van der Waals surface area contributed by atoms with Crippen molar-refractivity contribution >= 4 is 16.7 Å². The van der Waals surface area contributed by atoms with Crippen LogP contribution in [0.5, 0.6) is 0 Å². The van der Waals surface area contributed by atoms with Gasteiger partial charge >= 0.3 is 6.18 Å². The van der Waals surface area contributed by atoms with E-state index < -0.39 is 23.7 Å². The van der Waals surface area contributed by atoms with E-state index in [-0.39, 0.29) is 12.0 Å². The van der Waals surface area contributed by atoms with Crippen LogP contribution >= 0.6 is 0 Å². The lowest BCUT2D eigenvalue weighted by Crippen LogP contribution is -2.51. The molecule has 1 aliphatic rings. The van der Waals surface area contributed by atoms with Crippen molar-refractivity contribution in [2.24, 2.45) is 0 Å². The van der Waals surface area contributed by atoms with Crippen LogP contribution in [0.2, 0.25) is 0 Å². The van der Waals surface area contributed by atoms with E-state index in [1.165, 1.54) is 6.07 Å². The quantitative estimate of drug-likeness (QED) is 0.883. The number of fused-ring (bicyclic) bond motifs is 1. The number of benzene rings is 2. The van der Waals surface area contributed by atoms with Gasteiger partial charge in [-0.05, 0) is 42.2 Å². The van der Waals surface area contributed by atoms with Crippen molar-refractivity contribution in [3.8, 4) is 0 Å². The number of nitrogens with one attached hydrogen (secondary N) is 1. The van der Waals surface area contributed by atoms with E-state index in [2.05, 4.69) is 5.43 Å². The highest BCUT2D eigenvalue weighted by molar-refractivity contribution is 5.89. The molecule has 0 spiro atoms. The molecule has 0 aromatic heterocycles. The lowest BCUT2D eigenvalue weighted by atomic mass is 9.92. The van der Waals surface area contributed by atoms with Gasteiger partial charge < -0.3 is 0 Å². The molecule has 1 aliphatic heterocycles. The van der Waals surface area contributed by atoms with Gasteiger partial charge in [0.05, 0.1) is 0 Å². The largest absolute Gasteiger partial charge is 0.409 e. The minimum Gasteiger partial charge on any atom is -0.287 e. The number of carbonyl (C=O) groups is 1. The van der Waals surface area contributed by atoms with Gasteiger partial charge in [0.25, 0.3) is 0 Å². The Morgan fingerprint density at radius 2 is 1.80 bits per heavy atom. The molecule has 0 bridgehead atoms. The first-order valence-electron chi connectivity index (χ1n) is 8.31. The average Bonchev–Trinajstić information content (AvgIpc) is 2.78. The summed E-state index contributed by atoms with van der Waals surface area (Å²) in [5.74, 6) is -0.395. The second kappa shape index (κ2) is 6.02. The van der Waals surface area contributed by atoms with Crippen LogP contribution < -0.4 is 5.43 Å². The van der Waals surface area contributed by atoms with E-state index in [1.54, 1.807) is 32.0 Å². The van der Waals surface area contributed by atoms with E-state index >= 15 is 0 Å². The summed E-state index contributed by atoms with van der Waals surface area (Å²) < 4.78 is 42.1. The van der Waals surface area contributed by atoms with Gasteiger partial charge in [0.1, 0.15) is 0 Å². The Kier molecular flexibility index (Phi) is 4.27. The number of aryl methyl sites for hydroxylation is 1. The molecular weight excluding hydrogens is 329 g/mol. The number of hydrogen-bond donors (Lipinski definition) is 1. The van der Waals surface area contributed by atoms with Crippen molar-refractivity contribution in [2.75, 3.05) is 0 Å². The molecule has 134 valence electrons. The first kappa shape index (κ1) is 17.7. The minimum atomic E-state index is -4.52. The molecule has 0 aliphatic carbocycles. The molecule has 0 radical (unpaired) electrons. The van der Waals surface area contributed by atoms with Gasteiger partial charge in [-0.15, -0.1) is 0 Å². The summed E-state index contributed by atoms with van der Waals surface area (Å²) in [5.41, 5.74) is 2.66. The molecule has 1 heterocycles. The summed E-state index contributed by atoms with van der Waals surface area (Å²) >= 11 is 0. The van der Waals surface area contributed by atoms with E-state index in [9.17, 15) is 18.0 Å². The van der Waals surface area contributed by atoms with Gasteiger partial charge in [-0.1, -0.05) is 43.3 Å². The zero-order valence-electron chi connectivity index (χ0n) is 14.4. The van der Waals surface area contributed by atoms with Crippen molar-refractivity contribution in [3.63, 3.8) is 0 Å². The van der Waals surface area contributed by atoms with Crippen molar-refractivity contribution < 1.29 is 18.0 Å². The first-order valence-corrected chi connectivity index (χ1v) is 8.31. The third-order valence-electron chi connectivity index (χ3n) is 4.78. The fourth-order valence-corrected chi connectivity index (χ4v) is 3.63. The summed E-state index contributed by atoms with van der Waals surface area (Å²) in [4.78, 5) is 11.8. The standard InChI is InChI=1S/C19H21F3N2O/c1-4-12-7-5-9-14-13(12)8-6-10-15(14)17(19(20,21)22)24-18(2,3)11-16(25)23-24/h5-10,17H,4,11H2,1-3H3,(H,23,25)/t17-/m0/s1. The second-order valence-corrected chi connectivity index (χ2v) is 7.05. The van der Waals surface area contributed by atoms with Crippen LogP contribution in [0.25, 0.3) is 10.8 Å². The summed E-state index contributed by atoms with van der Waals surface area (Å²) in [6.45, 7) is 5.27. The molecule has 0 saturated carbocycles. The number of carbonyl (C=O) groups excluding carboxylic acids is 1. The zero-order valence-corrected chi connectivity index (χ0v) is 14.4. The topological polar surface area (TPSA) is 32.3 Å². The molecule has 1 atom stereocenters. The second-order valence-electron chi connectivity index (χ2n) is 7.05. The molecule has 3 nitrogen and oxygen atoms in total. The number of rotatable bonds is 3. The van der Waals surface area contributed by atoms with Crippen LogP contribution in [0.1, 0.15) is 44.4 Å². The Morgan fingerprint density at radius 3 is 2.36 bits per heavy atom. The highest BCUT2D eigenvalue weighted by atomic mass is 19.4. The maximum atomic E-state index is 14.0. The Labute approximate surface area is 144 Å². The Bertz CT molecular complexity index is 814. The van der Waals surface area contributed by atoms with Crippen molar-refractivity contribution in [1.82, 2.24) is 10.4 Å². The maximum Gasteiger partial charge on any atom is 0.409 e. The number of nitrogens with zero attached hydrogens (tertiary/aromatic N) is 1. The molecule has 1 saturated heterocycles. The van der Waals surface area contributed by atoms with Crippen LogP contribution in [-0.2, 0) is 11.2 Å². The van der Waals surface area contributed by atoms with Gasteiger partial charge in [-0.25, -0.2) is 0 Å². The van der Waals surface area contributed by atoms with Crippen molar-refractivity contribution in [2.45, 2.75) is 51.4 Å². The fourth-order valence-electron chi connectivity index (χ4n) is 3.63. The molecule has 1 N–H and O–H groups in total. The average molecular weight is 350 g/mol. The van der Waals surface area contributed by atoms with Gasteiger partial charge in [-0.2, -0.15) is 18.2 Å². The van der Waals surface area contributed by atoms with E-state index in [4.69, 9.17) is 0 Å². The molecule has 2 aromatic rings. The van der Waals surface area contributed by atoms with Gasteiger partial charge in [0, 0.05) is 12.0 Å². The third-order valence-corrected chi connectivity index (χ3v) is 4.78. The number of hydrogen-bond acceptors (Lipinski definition) is 2. The van der Waals surface area contributed by atoms with Crippen LogP contribution in [0, 0.1) is 0 Å². The monoisotopic (exact) mass is 350 g/mol. The molecule has 6 heteroatoms. The summed E-state index contributed by atoms with van der Waals surface area (Å²) in [7, 11) is 0. The lowest BCUT2D eigenvalue weighted by Gasteiger charge is -2.38. The molecule has 0 unspecified atom stereocenters. The number of alkyl halides is 3. The highest BCUT2D eigenvalue weighted by Crippen LogP contribution is 2.44. The number of hydrazine groups is 1. The predicted molar refractivity (Wildman–Crippen MR) is 90.8 cm³/mol. The van der Waals surface area contributed by atoms with Crippen molar-refractivity contribution in [1.29, 1.82) is 0 Å². The summed E-state index contributed by atoms with van der Waals surface area (Å²) in [6, 6.07) is 8.53. The summed E-state index contributed by atoms with van der Waals surface area (Å²) in [6.07, 6.45) is -3.75. The van der Waals surface area contributed by atoms with E-state index in [0.29, 0.717) is 5.39 Å². The van der Waals surface area contributed by atoms with Crippen LogP contribution in [0.15, 0.2) is 36.4 Å². The first-order chi connectivity index (χ1) is 11.6. The summed E-state index contributed by atoms with van der Waals surface area (Å²) in [5, 5.41) is 2.45. The Morgan fingerprint density at radius 1 is 1.16 bits per heavy atom. The predicted octanol–water partition coefficient (Wildman–Crippen LogP) is 4.52. The van der Waals surface area contributed by atoms with Crippen LogP contribution in [0.4, 0.5) is 13.2 Å². The Hall–Kier alpha value is -2.08. The normalized spacial score (nSPS) is 19.2. The van der Waals surface area contributed by atoms with Crippen LogP contribution in [-0.4, -0.2) is 22.6 Å². The third kappa shape index (κ3) is 3.11. The van der Waals surface area contributed by atoms with Crippen LogP contribution in [0.3, 0.4) is 0 Å². The number of halogens is 3. The van der Waals surface area contributed by atoms with E-state index in [0.717, 1.165) is 22.4 Å². The van der Waals surface area contributed by atoms with Gasteiger partial charge in [0.2, 0.25) is 5.91 Å². The zero-order chi connectivity index (χ0) is 18.4. The molecule has 25 heavy (non-hydrogen) atoms. The minimum absolute atomic E-state index is 0.0323. The van der Waals surface area contributed by atoms with Gasteiger partial charge in [-0.3, -0.25) is 10.2 Å². The number of amides is 1. The maximum absolute atomic E-state index is 14.0. The lowest BCUT2D eigenvalue weighted by molar-refractivity contribution is -0.203. The Balaban J connectivity index is 2.22. The molecule has 3 rings (SSSR count). The highest BCUT2D eigenvalue weighted by Gasteiger charge is 2.53. The molecule has 2 aromatic carbocycles. The fraction of sp³-hybridized carbons (Fsp3) is 0.421. The molecule has 1 fully saturated rings. The van der Waals surface area contributed by atoms with Crippen molar-refractivity contribution in [3.05, 3.63) is 47.5 Å². The molecule has 1 amide bonds. The van der Waals surface area contributed by atoms with E-state index in [1.807, 2.05) is 19.1 Å². The molecular formula is C19H21F3N2O.